The third-order valence-electron chi connectivity index (χ3n) is 7.09. The van der Waals surface area contributed by atoms with Crippen LogP contribution in [0.1, 0.15) is 29.9 Å². The lowest BCUT2D eigenvalue weighted by Crippen LogP contribution is -2.44. The number of carbonyl (C=O) groups is 3. The number of nitrogens with zero attached hydrogens (tertiary/aromatic N) is 1. The quantitative estimate of drug-likeness (QED) is 0.577. The van der Waals surface area contributed by atoms with Gasteiger partial charge in [0.1, 0.15) is 12.6 Å². The molecule has 35 heavy (non-hydrogen) atoms. The molecule has 0 bridgehead atoms. The maximum absolute atomic E-state index is 12.8. The Hall–Kier alpha value is -3.43. The largest absolute Gasteiger partial charge is 0.480 e. The lowest BCUT2D eigenvalue weighted by Gasteiger charge is -2.23. The standard InChI is InChI=1S/C26H28N2O7/c29-16-10-23(25(31)32)28(12-16)24(30)15-9-17(34-13-15)11-27-26(33)35-14-22-20-7-3-1-5-18(20)19-6-2-4-8-21(19)22/h1-8,15-17,22-23,29H,9-14H2,(H,27,33)(H,31,32)/t15?,16-,17?,23-/m1/s1. The molecular weight excluding hydrogens is 452 g/mol. The molecule has 184 valence electrons. The fraction of sp³-hybridized carbons (Fsp3) is 0.423. The van der Waals surface area contributed by atoms with Gasteiger partial charge in [-0.15, -0.1) is 0 Å². The van der Waals surface area contributed by atoms with Crippen molar-refractivity contribution in [3.8, 4) is 11.1 Å². The predicted octanol–water partition coefficient (Wildman–Crippen LogP) is 1.98. The Bertz CT molecular complexity index is 1090. The molecule has 0 aromatic heterocycles. The molecule has 2 heterocycles. The van der Waals surface area contributed by atoms with E-state index < -0.39 is 30.1 Å². The Labute approximate surface area is 202 Å². The Morgan fingerprint density at radius 2 is 1.69 bits per heavy atom. The van der Waals surface area contributed by atoms with Gasteiger partial charge in [-0.2, -0.15) is 0 Å². The summed E-state index contributed by atoms with van der Waals surface area (Å²) in [6, 6.07) is 15.2. The van der Waals surface area contributed by atoms with Crippen LogP contribution in [-0.4, -0.2) is 77.6 Å². The van der Waals surface area contributed by atoms with Crippen molar-refractivity contribution < 1.29 is 34.1 Å². The number of alkyl carbamates (subject to hydrolysis) is 1. The van der Waals surface area contributed by atoms with Crippen molar-refractivity contribution in [2.45, 2.75) is 37.0 Å². The van der Waals surface area contributed by atoms with Gasteiger partial charge in [0, 0.05) is 25.4 Å². The zero-order valence-corrected chi connectivity index (χ0v) is 19.1. The minimum atomic E-state index is -1.12. The molecule has 0 saturated carbocycles. The van der Waals surface area contributed by atoms with Crippen LogP contribution >= 0.6 is 0 Å². The molecule has 3 aliphatic rings. The van der Waals surface area contributed by atoms with Gasteiger partial charge < -0.3 is 29.9 Å². The topological polar surface area (TPSA) is 125 Å². The number of ether oxygens (including phenoxy) is 2. The highest BCUT2D eigenvalue weighted by Crippen LogP contribution is 2.44. The third-order valence-corrected chi connectivity index (χ3v) is 7.09. The second kappa shape index (κ2) is 9.67. The van der Waals surface area contributed by atoms with Crippen LogP contribution in [0, 0.1) is 5.92 Å². The summed E-state index contributed by atoms with van der Waals surface area (Å²) < 4.78 is 11.2. The van der Waals surface area contributed by atoms with E-state index in [1.807, 2.05) is 24.3 Å². The SMILES string of the molecule is O=C(NCC1CC(C(=O)N2C[C@H](O)C[C@@H]2C(=O)O)CO1)OCC1c2ccccc2-c2ccccc21. The third kappa shape index (κ3) is 4.61. The van der Waals surface area contributed by atoms with Crippen molar-refractivity contribution in [3.05, 3.63) is 59.7 Å². The number of aliphatic hydroxyl groups excluding tert-OH is 1. The minimum absolute atomic E-state index is 0.00890. The minimum Gasteiger partial charge on any atom is -0.480 e. The molecular formula is C26H28N2O7. The molecule has 2 saturated heterocycles. The number of hydrogen-bond acceptors (Lipinski definition) is 6. The molecule has 2 fully saturated rings. The smallest absolute Gasteiger partial charge is 0.407 e. The number of aliphatic carboxylic acids is 1. The summed E-state index contributed by atoms with van der Waals surface area (Å²) in [5, 5.41) is 21.8. The number of benzene rings is 2. The molecule has 0 spiro atoms. The maximum Gasteiger partial charge on any atom is 0.407 e. The molecule has 2 unspecified atom stereocenters. The summed E-state index contributed by atoms with van der Waals surface area (Å²) in [4.78, 5) is 37.8. The van der Waals surface area contributed by atoms with Crippen LogP contribution in [0.25, 0.3) is 11.1 Å². The molecule has 4 atom stereocenters. The molecule has 2 aliphatic heterocycles. The summed E-state index contributed by atoms with van der Waals surface area (Å²) in [5.74, 6) is -1.99. The van der Waals surface area contributed by atoms with E-state index in [4.69, 9.17) is 9.47 Å². The number of carboxylic acids is 1. The number of amides is 2. The summed E-state index contributed by atoms with van der Waals surface area (Å²) in [6.45, 7) is 0.551. The van der Waals surface area contributed by atoms with Crippen LogP contribution in [-0.2, 0) is 19.1 Å². The maximum atomic E-state index is 12.8. The van der Waals surface area contributed by atoms with E-state index in [0.717, 1.165) is 22.3 Å². The number of β-amino-alcohol motifs (C(OH)–C–C–N with tert-alkyl or cyclic N) is 1. The predicted molar refractivity (Wildman–Crippen MR) is 125 cm³/mol. The molecule has 5 rings (SSSR count). The van der Waals surface area contributed by atoms with Crippen molar-refractivity contribution >= 4 is 18.0 Å². The molecule has 0 radical (unpaired) electrons. The van der Waals surface area contributed by atoms with E-state index >= 15 is 0 Å². The van der Waals surface area contributed by atoms with Crippen molar-refractivity contribution in [1.29, 1.82) is 0 Å². The van der Waals surface area contributed by atoms with Gasteiger partial charge in [0.15, 0.2) is 0 Å². The zero-order valence-electron chi connectivity index (χ0n) is 19.1. The van der Waals surface area contributed by atoms with Crippen molar-refractivity contribution in [2.75, 3.05) is 26.3 Å². The average molecular weight is 481 g/mol. The molecule has 2 aromatic carbocycles. The van der Waals surface area contributed by atoms with Gasteiger partial charge >= 0.3 is 12.1 Å². The van der Waals surface area contributed by atoms with Gasteiger partial charge in [-0.3, -0.25) is 4.79 Å². The molecule has 3 N–H and O–H groups in total. The fourth-order valence-electron chi connectivity index (χ4n) is 5.39. The summed E-state index contributed by atoms with van der Waals surface area (Å²) in [7, 11) is 0. The first-order valence-corrected chi connectivity index (χ1v) is 11.8. The molecule has 1 aliphatic carbocycles. The molecule has 9 heteroatoms. The van der Waals surface area contributed by atoms with Crippen LogP contribution in [0.4, 0.5) is 4.79 Å². The number of nitrogens with one attached hydrogen (secondary N) is 1. The van der Waals surface area contributed by atoms with Gasteiger partial charge in [-0.25, -0.2) is 9.59 Å². The number of rotatable bonds is 6. The number of carboxylic acid groups (broad SMARTS) is 1. The monoisotopic (exact) mass is 480 g/mol. The molecule has 2 amide bonds. The van der Waals surface area contributed by atoms with Crippen LogP contribution in [0.2, 0.25) is 0 Å². The van der Waals surface area contributed by atoms with Gasteiger partial charge in [-0.05, 0) is 28.7 Å². The highest BCUT2D eigenvalue weighted by atomic mass is 16.5. The Kier molecular flexibility index (Phi) is 6.44. The van der Waals surface area contributed by atoms with Crippen molar-refractivity contribution in [1.82, 2.24) is 10.2 Å². The van der Waals surface area contributed by atoms with E-state index in [1.54, 1.807) is 0 Å². The van der Waals surface area contributed by atoms with Gasteiger partial charge in [-0.1, -0.05) is 48.5 Å². The van der Waals surface area contributed by atoms with Gasteiger partial charge in [0.2, 0.25) is 5.91 Å². The van der Waals surface area contributed by atoms with E-state index in [9.17, 15) is 24.6 Å². The zero-order chi connectivity index (χ0) is 24.5. The summed E-state index contributed by atoms with van der Waals surface area (Å²) >= 11 is 0. The van der Waals surface area contributed by atoms with E-state index in [0.29, 0.717) is 6.42 Å². The Morgan fingerprint density at radius 1 is 1.03 bits per heavy atom. The van der Waals surface area contributed by atoms with Gasteiger partial charge in [0.25, 0.3) is 0 Å². The van der Waals surface area contributed by atoms with Gasteiger partial charge in [0.05, 0.1) is 24.7 Å². The number of likely N-dealkylation sites (tertiary alicyclic amines) is 1. The summed E-state index contributed by atoms with van der Waals surface area (Å²) in [5.41, 5.74) is 4.58. The average Bonchev–Trinajstić information content (AvgIpc) is 3.57. The van der Waals surface area contributed by atoms with Crippen LogP contribution in [0.15, 0.2) is 48.5 Å². The first-order chi connectivity index (χ1) is 16.9. The van der Waals surface area contributed by atoms with E-state index in [1.165, 1.54) is 4.90 Å². The Balaban J connectivity index is 1.11. The number of aliphatic hydroxyl groups is 1. The first kappa shape index (κ1) is 23.3. The number of carbonyl (C=O) groups excluding carboxylic acids is 2. The summed E-state index contributed by atoms with van der Waals surface area (Å²) in [6.07, 6.45) is -1.38. The van der Waals surface area contributed by atoms with Crippen molar-refractivity contribution in [2.24, 2.45) is 5.92 Å². The number of fused-ring (bicyclic) bond motifs is 3. The first-order valence-electron chi connectivity index (χ1n) is 11.8. The lowest BCUT2D eigenvalue weighted by molar-refractivity contribution is -0.149. The normalized spacial score (nSPS) is 25.2. The van der Waals surface area contributed by atoms with E-state index in [-0.39, 0.29) is 50.7 Å². The lowest BCUT2D eigenvalue weighted by atomic mass is 9.98. The van der Waals surface area contributed by atoms with Crippen molar-refractivity contribution in [3.63, 3.8) is 0 Å². The Morgan fingerprint density at radius 3 is 2.34 bits per heavy atom. The van der Waals surface area contributed by atoms with E-state index in [2.05, 4.69) is 29.6 Å². The van der Waals surface area contributed by atoms with Crippen LogP contribution in [0.5, 0.6) is 0 Å². The highest BCUT2D eigenvalue weighted by Gasteiger charge is 2.43. The molecule has 9 nitrogen and oxygen atoms in total. The highest BCUT2D eigenvalue weighted by molar-refractivity contribution is 5.86. The molecule has 2 aromatic rings. The second-order valence-corrected chi connectivity index (χ2v) is 9.33. The number of hydrogen-bond donors (Lipinski definition) is 3. The fourth-order valence-corrected chi connectivity index (χ4v) is 5.39. The second-order valence-electron chi connectivity index (χ2n) is 9.33. The van der Waals surface area contributed by atoms with Crippen LogP contribution in [0.3, 0.4) is 0 Å². The van der Waals surface area contributed by atoms with Crippen LogP contribution < -0.4 is 5.32 Å².